The molecule has 164 valence electrons. The van der Waals surface area contributed by atoms with Gasteiger partial charge in [0.25, 0.3) is 0 Å². The summed E-state index contributed by atoms with van der Waals surface area (Å²) in [5, 5.41) is 0.625. The molecule has 0 spiro atoms. The zero-order valence-corrected chi connectivity index (χ0v) is 18.5. The van der Waals surface area contributed by atoms with Crippen LogP contribution >= 0.6 is 0 Å². The molecule has 1 aliphatic rings. The van der Waals surface area contributed by atoms with Crippen LogP contribution in [0.25, 0.3) is 11.0 Å². The molecule has 0 N–H and O–H groups in total. The summed E-state index contributed by atoms with van der Waals surface area (Å²) < 4.78 is 23.2. The SMILES string of the molecule is C/C=C(\C)C(=O)O[C@H]1c2c(ccc3ccc(=O)oc23)OC(C)(C)[C@H]1OC(=O)/C(C)=C/C. The molecule has 0 aliphatic carbocycles. The quantitative estimate of drug-likeness (QED) is 0.407. The molecule has 1 aromatic heterocycles. The number of benzene rings is 1. The summed E-state index contributed by atoms with van der Waals surface area (Å²) in [5.74, 6) is -0.744. The second-order valence-electron chi connectivity index (χ2n) is 7.95. The number of fused-ring (bicyclic) bond motifs is 3. The summed E-state index contributed by atoms with van der Waals surface area (Å²) in [6.45, 7) is 10.2. The highest BCUT2D eigenvalue weighted by molar-refractivity contribution is 5.90. The van der Waals surface area contributed by atoms with Crippen LogP contribution in [0.1, 0.15) is 53.2 Å². The zero-order valence-electron chi connectivity index (χ0n) is 18.5. The van der Waals surface area contributed by atoms with Crippen molar-refractivity contribution >= 4 is 22.9 Å². The third-order valence-corrected chi connectivity index (χ3v) is 5.38. The largest absolute Gasteiger partial charge is 0.483 e. The van der Waals surface area contributed by atoms with E-state index in [1.165, 1.54) is 6.07 Å². The topological polar surface area (TPSA) is 92.0 Å². The molecule has 0 saturated carbocycles. The number of carbonyl (C=O) groups is 2. The van der Waals surface area contributed by atoms with Crippen LogP contribution in [-0.4, -0.2) is 23.6 Å². The summed E-state index contributed by atoms with van der Waals surface area (Å²) >= 11 is 0. The van der Waals surface area contributed by atoms with Crippen molar-refractivity contribution in [2.24, 2.45) is 0 Å². The van der Waals surface area contributed by atoms with Crippen LogP contribution in [0, 0.1) is 0 Å². The van der Waals surface area contributed by atoms with Crippen LogP contribution in [-0.2, 0) is 19.1 Å². The minimum Gasteiger partial charge on any atom is -0.483 e. The number of carbonyl (C=O) groups excluding carboxylic acids is 2. The van der Waals surface area contributed by atoms with Gasteiger partial charge in [0.1, 0.15) is 16.9 Å². The fourth-order valence-corrected chi connectivity index (χ4v) is 3.33. The van der Waals surface area contributed by atoms with Crippen molar-refractivity contribution in [2.75, 3.05) is 0 Å². The Labute approximate surface area is 180 Å². The van der Waals surface area contributed by atoms with Crippen molar-refractivity contribution in [1.82, 2.24) is 0 Å². The first kappa shape index (κ1) is 22.3. The first-order chi connectivity index (χ1) is 14.6. The van der Waals surface area contributed by atoms with E-state index in [2.05, 4.69) is 0 Å². The predicted octanol–water partition coefficient (Wildman–Crippen LogP) is 4.39. The highest BCUT2D eigenvalue weighted by atomic mass is 16.6. The van der Waals surface area contributed by atoms with Gasteiger partial charge in [-0.05, 0) is 59.7 Å². The Morgan fingerprint density at radius 3 is 2.16 bits per heavy atom. The van der Waals surface area contributed by atoms with Crippen LogP contribution in [0.3, 0.4) is 0 Å². The Bertz CT molecular complexity index is 1150. The van der Waals surface area contributed by atoms with Crippen LogP contribution in [0.5, 0.6) is 5.75 Å². The third-order valence-electron chi connectivity index (χ3n) is 5.38. The van der Waals surface area contributed by atoms with E-state index in [1.807, 2.05) is 0 Å². The lowest BCUT2D eigenvalue weighted by Crippen LogP contribution is -2.52. The molecule has 7 heteroatoms. The molecule has 0 saturated heterocycles. The zero-order chi connectivity index (χ0) is 22.9. The van der Waals surface area contributed by atoms with Crippen LogP contribution < -0.4 is 10.4 Å². The van der Waals surface area contributed by atoms with Gasteiger partial charge in [0.2, 0.25) is 0 Å². The normalized spacial score (nSPS) is 20.6. The van der Waals surface area contributed by atoms with Crippen molar-refractivity contribution in [1.29, 1.82) is 0 Å². The summed E-state index contributed by atoms with van der Waals surface area (Å²) in [5.41, 5.74) is -0.224. The van der Waals surface area contributed by atoms with E-state index < -0.39 is 35.4 Å². The number of esters is 2. The maximum atomic E-state index is 12.7. The second kappa shape index (κ2) is 8.41. The Morgan fingerprint density at radius 2 is 1.55 bits per heavy atom. The van der Waals surface area contributed by atoms with E-state index in [0.29, 0.717) is 27.8 Å². The molecule has 0 radical (unpaired) electrons. The number of hydrogen-bond donors (Lipinski definition) is 0. The molecule has 1 aliphatic heterocycles. The molecular weight excluding hydrogens is 400 g/mol. The van der Waals surface area contributed by atoms with Crippen molar-refractivity contribution in [3.8, 4) is 5.75 Å². The number of rotatable bonds is 4. The van der Waals surface area contributed by atoms with E-state index in [-0.39, 0.29) is 5.58 Å². The van der Waals surface area contributed by atoms with Crippen molar-refractivity contribution < 1.29 is 28.2 Å². The van der Waals surface area contributed by atoms with E-state index in [9.17, 15) is 14.4 Å². The molecule has 1 aromatic carbocycles. The Morgan fingerprint density at radius 1 is 0.968 bits per heavy atom. The maximum Gasteiger partial charge on any atom is 0.336 e. The van der Waals surface area contributed by atoms with Crippen LogP contribution in [0.15, 0.2) is 56.8 Å². The average Bonchev–Trinajstić information content (AvgIpc) is 2.73. The highest BCUT2D eigenvalue weighted by Crippen LogP contribution is 2.46. The van der Waals surface area contributed by atoms with Gasteiger partial charge in [-0.2, -0.15) is 0 Å². The van der Waals surface area contributed by atoms with Gasteiger partial charge in [0, 0.05) is 22.6 Å². The van der Waals surface area contributed by atoms with E-state index in [4.69, 9.17) is 18.6 Å². The standard InChI is InChI=1S/C24H26O7/c1-7-13(3)22(26)29-20-18-16(11-9-15-10-12-17(25)28-19(15)18)31-24(5,6)21(20)30-23(27)14(4)8-2/h7-12,20-21H,1-6H3/b13-7+,14-8+/t20-,21-/m0/s1. The van der Waals surface area contributed by atoms with E-state index in [0.717, 1.165) is 0 Å². The second-order valence-corrected chi connectivity index (χ2v) is 7.95. The fourth-order valence-electron chi connectivity index (χ4n) is 3.33. The first-order valence-corrected chi connectivity index (χ1v) is 10.0. The van der Waals surface area contributed by atoms with Gasteiger partial charge in [0.15, 0.2) is 12.2 Å². The minimum absolute atomic E-state index is 0.222. The maximum absolute atomic E-state index is 12.7. The number of hydrogen-bond acceptors (Lipinski definition) is 7. The van der Waals surface area contributed by atoms with Gasteiger partial charge in [-0.15, -0.1) is 0 Å². The van der Waals surface area contributed by atoms with Crippen molar-refractivity contribution in [3.63, 3.8) is 0 Å². The van der Waals surface area contributed by atoms with Gasteiger partial charge in [-0.3, -0.25) is 0 Å². The minimum atomic E-state index is -1.05. The summed E-state index contributed by atoms with van der Waals surface area (Å²) in [6.07, 6.45) is 1.21. The van der Waals surface area contributed by atoms with Gasteiger partial charge in [-0.1, -0.05) is 12.2 Å². The van der Waals surface area contributed by atoms with E-state index >= 15 is 0 Å². The Kier molecular flexibility index (Phi) is 6.06. The van der Waals surface area contributed by atoms with Crippen molar-refractivity contribution in [3.05, 3.63) is 63.5 Å². The fraction of sp³-hybridized carbons (Fsp3) is 0.375. The number of allylic oxidation sites excluding steroid dienone is 2. The molecule has 31 heavy (non-hydrogen) atoms. The Balaban J connectivity index is 2.23. The monoisotopic (exact) mass is 426 g/mol. The smallest absolute Gasteiger partial charge is 0.336 e. The summed E-state index contributed by atoms with van der Waals surface area (Å²) in [7, 11) is 0. The lowest BCUT2D eigenvalue weighted by Gasteiger charge is -2.43. The van der Waals surface area contributed by atoms with Crippen LogP contribution in [0.2, 0.25) is 0 Å². The third kappa shape index (κ3) is 4.26. The van der Waals surface area contributed by atoms with Gasteiger partial charge < -0.3 is 18.6 Å². The summed E-state index contributed by atoms with van der Waals surface area (Å²) in [6, 6.07) is 6.39. The molecule has 3 rings (SSSR count). The van der Waals surface area contributed by atoms with Gasteiger partial charge >= 0.3 is 17.6 Å². The molecule has 2 heterocycles. The molecular formula is C24H26O7. The average molecular weight is 426 g/mol. The lowest BCUT2D eigenvalue weighted by molar-refractivity contribution is -0.185. The number of ether oxygens (including phenoxy) is 3. The highest BCUT2D eigenvalue weighted by Gasteiger charge is 2.50. The van der Waals surface area contributed by atoms with Gasteiger partial charge in [0.05, 0.1) is 5.56 Å². The Hall–Kier alpha value is -3.35. The summed E-state index contributed by atoms with van der Waals surface area (Å²) in [4.78, 5) is 37.3. The molecule has 7 nitrogen and oxygen atoms in total. The molecule has 0 unspecified atom stereocenters. The first-order valence-electron chi connectivity index (χ1n) is 10.0. The molecule has 0 fully saturated rings. The molecule has 0 amide bonds. The van der Waals surface area contributed by atoms with Crippen molar-refractivity contribution in [2.45, 2.75) is 59.4 Å². The van der Waals surface area contributed by atoms with E-state index in [1.54, 1.807) is 71.9 Å². The molecule has 2 atom stereocenters. The van der Waals surface area contributed by atoms with Crippen LogP contribution in [0.4, 0.5) is 0 Å². The predicted molar refractivity (Wildman–Crippen MR) is 115 cm³/mol. The molecule has 2 aromatic rings. The molecule has 0 bridgehead atoms. The lowest BCUT2D eigenvalue weighted by atomic mass is 9.87. The van der Waals surface area contributed by atoms with Gasteiger partial charge in [-0.25, -0.2) is 14.4 Å².